The summed E-state index contributed by atoms with van der Waals surface area (Å²) < 4.78 is 16.1. The van der Waals surface area contributed by atoms with Crippen LogP contribution in [0.25, 0.3) is 22.0 Å². The van der Waals surface area contributed by atoms with Crippen LogP contribution in [0.4, 0.5) is 0 Å². The van der Waals surface area contributed by atoms with Crippen LogP contribution in [0.1, 0.15) is 19.8 Å². The Balaban J connectivity index is 0.00000272. The van der Waals surface area contributed by atoms with Crippen LogP contribution in [0.15, 0.2) is 34.9 Å². The van der Waals surface area contributed by atoms with Crippen molar-refractivity contribution >= 4 is 42.9 Å². The third kappa shape index (κ3) is 6.19. The minimum absolute atomic E-state index is 0. The fraction of sp³-hybridized carbons (Fsp3) is 0.421. The number of H-pyrrole nitrogens is 1. The number of hydrogen-bond acceptors (Lipinski definition) is 9. The van der Waals surface area contributed by atoms with Crippen LogP contribution in [0.5, 0.6) is 5.88 Å². The minimum atomic E-state index is 0. The van der Waals surface area contributed by atoms with Gasteiger partial charge < -0.3 is 14.8 Å². The average molecular weight is 482 g/mol. The average Bonchev–Trinajstić information content (AvgIpc) is 3.24. The Morgan fingerprint density at radius 1 is 1.39 bits per heavy atom. The number of nitrogens with zero attached hydrogens (tertiary/aromatic N) is 4. The van der Waals surface area contributed by atoms with Gasteiger partial charge in [0.1, 0.15) is 23.0 Å². The molecular weight excluding hydrogens is 454 g/mol. The topological polar surface area (TPSA) is 101 Å². The van der Waals surface area contributed by atoms with Crippen molar-refractivity contribution < 1.29 is 9.47 Å². The number of hydrogen-bond donors (Lipinski definition) is 3. The second-order valence-electron chi connectivity index (χ2n) is 6.68. The molecule has 12 heteroatoms. The lowest BCUT2D eigenvalue weighted by molar-refractivity contribution is 0.0540. The second kappa shape index (κ2) is 11.5. The monoisotopic (exact) mass is 481 g/mol. The second-order valence-corrected chi connectivity index (χ2v) is 8.32. The largest absolute Gasteiger partial charge is 0.475 e. The van der Waals surface area contributed by atoms with Crippen LogP contribution < -0.4 is 14.8 Å². The van der Waals surface area contributed by atoms with Crippen LogP contribution in [0.3, 0.4) is 0 Å². The molecule has 3 aromatic rings. The van der Waals surface area contributed by atoms with Crippen molar-refractivity contribution in [3.63, 3.8) is 0 Å². The standard InChI is InChI=1S/C19H25N7O2S2.H2S/c1-3-14(27-2)11-28-17-6-5-13(9-22-17)18-23-16(12-29-18)15-10-26(24-15)30-25-19-20-7-4-8-21-19;/h5-6,9-10,12,14,24H,3-4,7-8,11H2,1-2H3,(H2,20,21,25);1H2. The van der Waals surface area contributed by atoms with Gasteiger partial charge in [-0.05, 0) is 18.9 Å². The minimum Gasteiger partial charge on any atom is -0.475 e. The van der Waals surface area contributed by atoms with Crippen LogP contribution in [0, 0.1) is 0 Å². The molecule has 1 aliphatic heterocycles. The van der Waals surface area contributed by atoms with E-state index in [9.17, 15) is 0 Å². The Bertz CT molecular complexity index is 951. The van der Waals surface area contributed by atoms with Gasteiger partial charge in [0.25, 0.3) is 0 Å². The Morgan fingerprint density at radius 3 is 2.94 bits per heavy atom. The van der Waals surface area contributed by atoms with Crippen molar-refractivity contribution in [2.24, 2.45) is 4.99 Å². The van der Waals surface area contributed by atoms with E-state index >= 15 is 0 Å². The van der Waals surface area contributed by atoms with Crippen LogP contribution >= 0.6 is 37.0 Å². The summed E-state index contributed by atoms with van der Waals surface area (Å²) in [6.07, 6.45) is 5.84. The summed E-state index contributed by atoms with van der Waals surface area (Å²) in [7, 11) is 1.69. The van der Waals surface area contributed by atoms with Gasteiger partial charge in [0.15, 0.2) is 0 Å². The Morgan fingerprint density at radius 2 is 2.26 bits per heavy atom. The number of aliphatic imine (C=N–C) groups is 1. The summed E-state index contributed by atoms with van der Waals surface area (Å²) in [6, 6.07) is 3.84. The van der Waals surface area contributed by atoms with E-state index in [2.05, 4.69) is 32.0 Å². The lowest BCUT2D eigenvalue weighted by atomic mass is 10.3. The molecule has 0 spiro atoms. The molecule has 1 atom stereocenters. The van der Waals surface area contributed by atoms with E-state index in [1.165, 1.54) is 12.1 Å². The number of rotatable bonds is 9. The van der Waals surface area contributed by atoms with Gasteiger partial charge in [-0.25, -0.2) is 14.1 Å². The van der Waals surface area contributed by atoms with Crippen molar-refractivity contribution in [3.05, 3.63) is 29.9 Å². The van der Waals surface area contributed by atoms with Gasteiger partial charge in [-0.2, -0.15) is 13.5 Å². The van der Waals surface area contributed by atoms with Crippen molar-refractivity contribution in [2.75, 3.05) is 26.8 Å². The molecule has 9 nitrogen and oxygen atoms in total. The molecule has 3 N–H and O–H groups in total. The highest BCUT2D eigenvalue weighted by Gasteiger charge is 2.13. The molecule has 3 aromatic heterocycles. The van der Waals surface area contributed by atoms with Crippen LogP contribution in [-0.2, 0) is 4.74 Å². The van der Waals surface area contributed by atoms with E-state index in [4.69, 9.17) is 14.5 Å². The van der Waals surface area contributed by atoms with Gasteiger partial charge in [0, 0.05) is 43.4 Å². The zero-order valence-electron chi connectivity index (χ0n) is 17.4. The third-order valence-corrected chi connectivity index (χ3v) is 6.15. The molecule has 0 radical (unpaired) electrons. The SMILES string of the molecule is CCC(COc1ccc(-c2nc(-c3cn(SNC4=NCCCN4)[nH]3)cs2)cn1)OC.S. The van der Waals surface area contributed by atoms with E-state index in [1.807, 2.05) is 27.8 Å². The number of aromatic nitrogens is 4. The first-order chi connectivity index (χ1) is 14.7. The highest BCUT2D eigenvalue weighted by Crippen LogP contribution is 2.29. The zero-order chi connectivity index (χ0) is 20.8. The van der Waals surface area contributed by atoms with Gasteiger partial charge in [0.05, 0.1) is 24.4 Å². The van der Waals surface area contributed by atoms with Gasteiger partial charge in [-0.3, -0.25) is 14.8 Å². The molecule has 31 heavy (non-hydrogen) atoms. The van der Waals surface area contributed by atoms with Crippen LogP contribution in [0.2, 0.25) is 0 Å². The first-order valence-electron chi connectivity index (χ1n) is 9.82. The lowest BCUT2D eigenvalue weighted by Gasteiger charge is -2.17. The molecule has 4 rings (SSSR count). The fourth-order valence-corrected chi connectivity index (χ4v) is 4.18. The maximum atomic E-state index is 5.69. The molecule has 1 aliphatic rings. The summed E-state index contributed by atoms with van der Waals surface area (Å²) >= 11 is 3.01. The van der Waals surface area contributed by atoms with E-state index in [1.54, 1.807) is 24.6 Å². The summed E-state index contributed by atoms with van der Waals surface area (Å²) in [4.78, 5) is 13.5. The summed E-state index contributed by atoms with van der Waals surface area (Å²) in [5.41, 5.74) is 2.85. The number of ether oxygens (including phenoxy) is 2. The molecular formula is C19H27N7O2S3. The predicted molar refractivity (Wildman–Crippen MR) is 131 cm³/mol. The maximum absolute atomic E-state index is 5.69. The zero-order valence-corrected chi connectivity index (χ0v) is 20.1. The molecule has 0 aliphatic carbocycles. The summed E-state index contributed by atoms with van der Waals surface area (Å²) in [6.45, 7) is 4.38. The highest BCUT2D eigenvalue weighted by atomic mass is 32.2. The number of guanidine groups is 1. The molecule has 1 unspecified atom stereocenters. The van der Waals surface area contributed by atoms with Crippen LogP contribution in [-0.4, -0.2) is 58.0 Å². The predicted octanol–water partition coefficient (Wildman–Crippen LogP) is 3.27. The lowest BCUT2D eigenvalue weighted by Crippen LogP contribution is -2.38. The van der Waals surface area contributed by atoms with Crippen molar-refractivity contribution in [1.29, 1.82) is 0 Å². The molecule has 4 heterocycles. The van der Waals surface area contributed by atoms with Crippen molar-refractivity contribution in [2.45, 2.75) is 25.9 Å². The third-order valence-electron chi connectivity index (χ3n) is 4.58. The Kier molecular flexibility index (Phi) is 8.69. The van der Waals surface area contributed by atoms with E-state index < -0.39 is 0 Å². The molecule has 0 saturated heterocycles. The first kappa shape index (κ1) is 23.5. The van der Waals surface area contributed by atoms with Crippen molar-refractivity contribution in [1.82, 2.24) is 29.2 Å². The molecule has 0 aromatic carbocycles. The van der Waals surface area contributed by atoms with Gasteiger partial charge in [-0.1, -0.05) is 6.92 Å². The number of methoxy groups -OCH3 is 1. The number of aromatic amines is 1. The van der Waals surface area contributed by atoms with E-state index in [0.717, 1.165) is 53.8 Å². The maximum Gasteiger partial charge on any atom is 0.213 e. The fourth-order valence-electron chi connectivity index (χ4n) is 2.75. The normalized spacial score (nSPS) is 14.3. The van der Waals surface area contributed by atoms with E-state index in [-0.39, 0.29) is 19.6 Å². The summed E-state index contributed by atoms with van der Waals surface area (Å²) in [5.74, 6) is 1.41. The van der Waals surface area contributed by atoms with Crippen molar-refractivity contribution in [3.8, 4) is 27.8 Å². The van der Waals surface area contributed by atoms with Gasteiger partial charge >= 0.3 is 0 Å². The van der Waals surface area contributed by atoms with E-state index in [0.29, 0.717) is 12.5 Å². The van der Waals surface area contributed by atoms with Gasteiger partial charge in [-0.15, -0.1) is 11.3 Å². The van der Waals surface area contributed by atoms with Gasteiger partial charge in [0.2, 0.25) is 11.8 Å². The molecule has 168 valence electrons. The Labute approximate surface area is 196 Å². The first-order valence-corrected chi connectivity index (χ1v) is 11.5. The smallest absolute Gasteiger partial charge is 0.213 e. The number of nitrogens with one attached hydrogen (secondary N) is 3. The summed E-state index contributed by atoms with van der Waals surface area (Å²) in [5, 5.41) is 9.43. The molecule has 0 amide bonds. The molecule has 0 fully saturated rings. The Hall–Kier alpha value is -2.15. The molecule has 0 bridgehead atoms. The molecule has 0 saturated carbocycles. The number of pyridine rings is 1. The quantitative estimate of drug-likeness (QED) is 0.403. The number of thiazole rings is 1. The highest BCUT2D eigenvalue weighted by molar-refractivity contribution is 7.96.